The first kappa shape index (κ1) is 21.1. The number of aromatic nitrogens is 2. The van der Waals surface area contributed by atoms with Gasteiger partial charge in [0.05, 0.1) is 6.20 Å². The normalized spacial score (nSPS) is 29.2. The Labute approximate surface area is 196 Å². The first-order valence-electron chi connectivity index (χ1n) is 11.8. The fraction of sp³-hybridized carbons (Fsp3) is 0.423. The van der Waals surface area contributed by atoms with Crippen LogP contribution >= 0.6 is 0 Å². The number of hydrogen-bond acceptors (Lipinski definition) is 4. The molecule has 0 radical (unpaired) electrons. The molecule has 2 unspecified atom stereocenters. The molecule has 3 aromatic rings. The van der Waals surface area contributed by atoms with Crippen LogP contribution < -0.4 is 15.4 Å². The van der Waals surface area contributed by atoms with E-state index < -0.39 is 23.0 Å². The third-order valence-corrected chi connectivity index (χ3v) is 7.67. The van der Waals surface area contributed by atoms with Gasteiger partial charge in [-0.2, -0.15) is 4.98 Å². The smallest absolute Gasteiger partial charge is 0.390 e. The van der Waals surface area contributed by atoms with E-state index in [0.29, 0.717) is 29.5 Å². The van der Waals surface area contributed by atoms with Crippen molar-refractivity contribution < 1.29 is 18.7 Å². The van der Waals surface area contributed by atoms with Gasteiger partial charge in [-0.25, -0.2) is 9.18 Å². The predicted molar refractivity (Wildman–Crippen MR) is 123 cm³/mol. The molecule has 176 valence electrons. The highest BCUT2D eigenvalue weighted by Crippen LogP contribution is 2.57. The lowest BCUT2D eigenvalue weighted by molar-refractivity contribution is -0.0449. The lowest BCUT2D eigenvalue weighted by Crippen LogP contribution is -2.70. The van der Waals surface area contributed by atoms with Gasteiger partial charge >= 0.3 is 6.09 Å². The van der Waals surface area contributed by atoms with E-state index in [2.05, 4.69) is 15.6 Å². The average molecular weight is 463 g/mol. The molecule has 4 aliphatic rings. The molecule has 1 aromatic carbocycles. The van der Waals surface area contributed by atoms with Gasteiger partial charge in [-0.1, -0.05) is 12.1 Å². The van der Waals surface area contributed by atoms with Crippen molar-refractivity contribution in [1.29, 1.82) is 0 Å². The van der Waals surface area contributed by atoms with Crippen molar-refractivity contribution in [2.24, 2.45) is 11.8 Å². The molecule has 0 saturated heterocycles. The molecule has 0 aliphatic heterocycles. The van der Waals surface area contributed by atoms with Gasteiger partial charge in [-0.15, -0.1) is 0 Å². The Hall–Kier alpha value is -3.42. The second-order valence-corrected chi connectivity index (χ2v) is 10.6. The number of pyridine rings is 1. The van der Waals surface area contributed by atoms with Crippen molar-refractivity contribution in [1.82, 2.24) is 20.0 Å². The number of hydrogen-bond donors (Lipinski definition) is 2. The number of aryl methyl sites for hydroxylation is 1. The van der Waals surface area contributed by atoms with E-state index in [9.17, 15) is 14.0 Å². The maximum Gasteiger partial charge on any atom is 0.414 e. The van der Waals surface area contributed by atoms with Crippen LogP contribution in [0, 0.1) is 24.6 Å². The number of fused-ring (bicyclic) bond motifs is 1. The number of benzene rings is 1. The summed E-state index contributed by atoms with van der Waals surface area (Å²) in [5.41, 5.74) is 1.29. The van der Waals surface area contributed by atoms with Crippen molar-refractivity contribution in [3.05, 3.63) is 65.7 Å². The van der Waals surface area contributed by atoms with E-state index in [1.165, 1.54) is 12.1 Å². The number of amides is 2. The quantitative estimate of drug-likeness (QED) is 0.602. The van der Waals surface area contributed by atoms with Crippen LogP contribution in [0.5, 0.6) is 5.88 Å². The summed E-state index contributed by atoms with van der Waals surface area (Å²) in [7, 11) is 0. The number of imidazole rings is 1. The summed E-state index contributed by atoms with van der Waals surface area (Å²) >= 11 is 0. The lowest BCUT2D eigenvalue weighted by atomic mass is 9.50. The van der Waals surface area contributed by atoms with Crippen molar-refractivity contribution in [3.63, 3.8) is 0 Å². The summed E-state index contributed by atoms with van der Waals surface area (Å²) in [5.74, 6) is 0.405. The molecule has 34 heavy (non-hydrogen) atoms. The Kier molecular flexibility index (Phi) is 4.69. The highest BCUT2D eigenvalue weighted by atomic mass is 19.1. The molecule has 7 rings (SSSR count). The third-order valence-electron chi connectivity index (χ3n) is 7.67. The van der Waals surface area contributed by atoms with Gasteiger partial charge in [0.2, 0.25) is 5.88 Å². The SMILES string of the molecule is Cc1ccc2nc(OC(=O)NC34CC5CC(C3)CC(NC(=O)c3cccc(F)c3)(C5)C4)cn2c1. The average Bonchev–Trinajstić information content (AvgIpc) is 3.13. The summed E-state index contributed by atoms with van der Waals surface area (Å²) in [4.78, 5) is 30.2. The number of nitrogens with one attached hydrogen (secondary N) is 2. The van der Waals surface area contributed by atoms with Crippen LogP contribution in [0.25, 0.3) is 5.65 Å². The lowest BCUT2D eigenvalue weighted by Gasteiger charge is -2.62. The van der Waals surface area contributed by atoms with E-state index in [1.54, 1.807) is 18.3 Å². The van der Waals surface area contributed by atoms with E-state index >= 15 is 0 Å². The van der Waals surface area contributed by atoms with Crippen LogP contribution in [0.15, 0.2) is 48.8 Å². The molecule has 8 heteroatoms. The zero-order valence-electron chi connectivity index (χ0n) is 19.0. The topological polar surface area (TPSA) is 84.7 Å². The molecule has 2 N–H and O–H groups in total. The molecular weight excluding hydrogens is 435 g/mol. The molecule has 2 heterocycles. The second kappa shape index (κ2) is 7.55. The predicted octanol–water partition coefficient (Wildman–Crippen LogP) is 4.39. The Bertz CT molecular complexity index is 1290. The minimum atomic E-state index is -0.520. The molecule has 2 atom stereocenters. The van der Waals surface area contributed by atoms with E-state index in [0.717, 1.165) is 37.7 Å². The molecule has 4 bridgehead atoms. The number of carbonyl (C=O) groups is 2. The molecule has 4 saturated carbocycles. The van der Waals surface area contributed by atoms with Crippen LogP contribution in [-0.4, -0.2) is 32.5 Å². The van der Waals surface area contributed by atoms with Gasteiger partial charge in [0, 0.05) is 22.8 Å². The monoisotopic (exact) mass is 462 g/mol. The fourth-order valence-electron chi connectivity index (χ4n) is 6.96. The van der Waals surface area contributed by atoms with Gasteiger partial charge in [0.1, 0.15) is 11.5 Å². The second-order valence-electron chi connectivity index (χ2n) is 10.6. The highest BCUT2D eigenvalue weighted by Gasteiger charge is 2.59. The largest absolute Gasteiger partial charge is 0.414 e. The van der Waals surface area contributed by atoms with Gasteiger partial charge in [-0.05, 0) is 87.1 Å². The van der Waals surface area contributed by atoms with Crippen molar-refractivity contribution in [2.45, 2.75) is 56.5 Å². The van der Waals surface area contributed by atoms with Crippen molar-refractivity contribution >= 4 is 17.6 Å². The number of carbonyl (C=O) groups excluding carboxylic acids is 2. The maximum atomic E-state index is 13.6. The van der Waals surface area contributed by atoms with Crippen molar-refractivity contribution in [3.8, 4) is 5.88 Å². The van der Waals surface area contributed by atoms with Crippen LogP contribution in [0.1, 0.15) is 54.4 Å². The summed E-state index contributed by atoms with van der Waals surface area (Å²) in [6.45, 7) is 1.99. The summed E-state index contributed by atoms with van der Waals surface area (Å²) < 4.78 is 21.0. The highest BCUT2D eigenvalue weighted by molar-refractivity contribution is 5.94. The van der Waals surface area contributed by atoms with Gasteiger partial charge < -0.3 is 19.8 Å². The fourth-order valence-corrected chi connectivity index (χ4v) is 6.96. The van der Waals surface area contributed by atoms with Crippen molar-refractivity contribution in [2.75, 3.05) is 0 Å². The molecule has 4 fully saturated rings. The molecule has 4 aliphatic carbocycles. The number of nitrogens with zero attached hydrogens (tertiary/aromatic N) is 2. The Morgan fingerprint density at radius 2 is 1.79 bits per heavy atom. The first-order chi connectivity index (χ1) is 16.3. The van der Waals surface area contributed by atoms with Gasteiger partial charge in [0.15, 0.2) is 0 Å². The van der Waals surface area contributed by atoms with Crippen LogP contribution in [-0.2, 0) is 0 Å². The maximum absolute atomic E-state index is 13.6. The third kappa shape index (κ3) is 3.81. The van der Waals surface area contributed by atoms with Crippen LogP contribution in [0.3, 0.4) is 0 Å². The zero-order valence-corrected chi connectivity index (χ0v) is 19.0. The number of halogens is 1. The summed E-state index contributed by atoms with van der Waals surface area (Å²) in [5, 5.41) is 6.38. The van der Waals surface area contributed by atoms with E-state index in [4.69, 9.17) is 4.74 Å². The number of rotatable bonds is 4. The summed E-state index contributed by atoms with van der Waals surface area (Å²) in [6, 6.07) is 9.60. The Balaban J connectivity index is 1.19. The van der Waals surface area contributed by atoms with Gasteiger partial charge in [0.25, 0.3) is 5.91 Å². The molecule has 7 nitrogen and oxygen atoms in total. The van der Waals surface area contributed by atoms with Gasteiger partial charge in [-0.3, -0.25) is 4.79 Å². The minimum absolute atomic E-state index is 0.252. The van der Waals surface area contributed by atoms with Crippen LogP contribution in [0.2, 0.25) is 0 Å². The molecule has 2 amide bonds. The molecule has 0 spiro atoms. The van der Waals surface area contributed by atoms with E-state index in [1.807, 2.05) is 29.7 Å². The minimum Gasteiger partial charge on any atom is -0.390 e. The standard InChI is InChI=1S/C26H27FN4O3/c1-16-5-6-21-28-22(14-31(21)13-16)34-24(33)30-26-11-17-7-18(12-26)10-25(9-17,15-26)29-23(32)19-3-2-4-20(27)8-19/h2-6,8,13-14,17-18H,7,9-12,15H2,1H3,(H,29,32)(H,30,33). The summed E-state index contributed by atoms with van der Waals surface area (Å²) in [6.07, 6.45) is 8.38. The number of ether oxygens (including phenoxy) is 1. The first-order valence-corrected chi connectivity index (χ1v) is 11.8. The Morgan fingerprint density at radius 1 is 1.06 bits per heavy atom. The van der Waals surface area contributed by atoms with E-state index in [-0.39, 0.29) is 11.8 Å². The van der Waals surface area contributed by atoms with Crippen LogP contribution in [0.4, 0.5) is 9.18 Å². The zero-order chi connectivity index (χ0) is 23.5. The molecule has 2 aromatic heterocycles. The molecular formula is C26H27FN4O3. The Morgan fingerprint density at radius 3 is 2.53 bits per heavy atom.